The molecule has 1 aliphatic heterocycles. The Morgan fingerprint density at radius 3 is 2.38 bits per heavy atom. The van der Waals surface area contributed by atoms with Crippen molar-refractivity contribution in [2.75, 3.05) is 19.7 Å². The third-order valence-electron chi connectivity index (χ3n) is 5.83. The van der Waals surface area contributed by atoms with Crippen molar-refractivity contribution in [3.05, 3.63) is 35.9 Å². The summed E-state index contributed by atoms with van der Waals surface area (Å²) in [5, 5.41) is 7.66. The summed E-state index contributed by atoms with van der Waals surface area (Å²) in [4.78, 5) is 48.9. The maximum absolute atomic E-state index is 12.9. The van der Waals surface area contributed by atoms with E-state index in [9.17, 15) is 32.3 Å². The predicted octanol–water partition coefficient (Wildman–Crippen LogP) is 2.18. The first kappa shape index (κ1) is 30.2. The molecule has 0 bridgehead atoms. The highest BCUT2D eigenvalue weighted by Gasteiger charge is 2.38. The lowest BCUT2D eigenvalue weighted by Gasteiger charge is -2.24. The van der Waals surface area contributed by atoms with E-state index in [0.717, 1.165) is 12.0 Å². The first-order valence-electron chi connectivity index (χ1n) is 12.4. The maximum atomic E-state index is 12.9. The molecular weight excluding hydrogens is 495 g/mol. The summed E-state index contributed by atoms with van der Waals surface area (Å²) in [6, 6.07) is 6.82. The zero-order valence-electron chi connectivity index (χ0n) is 20.8. The molecule has 1 unspecified atom stereocenters. The summed E-state index contributed by atoms with van der Waals surface area (Å²) in [5.41, 5.74) is 0.973. The number of alkyl halides is 3. The summed E-state index contributed by atoms with van der Waals surface area (Å²) in [6.45, 7) is 2.16. The number of amides is 1. The van der Waals surface area contributed by atoms with E-state index in [0.29, 0.717) is 25.8 Å². The van der Waals surface area contributed by atoms with E-state index in [1.807, 2.05) is 30.3 Å². The molecule has 37 heavy (non-hydrogen) atoms. The van der Waals surface area contributed by atoms with Gasteiger partial charge in [-0.3, -0.25) is 14.9 Å². The monoisotopic (exact) mass is 529 g/mol. The Morgan fingerprint density at radius 2 is 1.76 bits per heavy atom. The Balaban J connectivity index is 2.04. The van der Waals surface area contributed by atoms with Crippen LogP contribution in [0, 0.1) is 0 Å². The summed E-state index contributed by atoms with van der Waals surface area (Å²) >= 11 is 0. The van der Waals surface area contributed by atoms with Gasteiger partial charge in [-0.25, -0.2) is 9.59 Å². The third kappa shape index (κ3) is 10.9. The molecule has 1 aliphatic rings. The average Bonchev–Trinajstić information content (AvgIpc) is 3.40. The van der Waals surface area contributed by atoms with Crippen LogP contribution >= 0.6 is 0 Å². The SMILES string of the molecule is CCOC(=O)C(CCc1ccccc1)N[C@@H](CCCCNC(=O)C(F)(F)F)C(=O)OC(=O)[C@@H]1CCCN1. The summed E-state index contributed by atoms with van der Waals surface area (Å²) in [5.74, 6) is -4.22. The Hall–Kier alpha value is -2.99. The number of rotatable bonds is 14. The van der Waals surface area contributed by atoms with Crippen molar-refractivity contribution in [2.24, 2.45) is 0 Å². The fraction of sp³-hybridized carbons (Fsp3) is 0.600. The number of benzene rings is 1. The van der Waals surface area contributed by atoms with Crippen LogP contribution in [0.2, 0.25) is 0 Å². The molecule has 3 N–H and O–H groups in total. The van der Waals surface area contributed by atoms with Crippen LogP contribution in [0.3, 0.4) is 0 Å². The van der Waals surface area contributed by atoms with E-state index in [4.69, 9.17) is 9.47 Å². The fourth-order valence-corrected chi connectivity index (χ4v) is 3.88. The molecule has 206 valence electrons. The number of aryl methyl sites for hydroxylation is 1. The van der Waals surface area contributed by atoms with Crippen molar-refractivity contribution in [1.82, 2.24) is 16.0 Å². The normalized spacial score (nSPS) is 17.0. The van der Waals surface area contributed by atoms with E-state index in [2.05, 4.69) is 10.6 Å². The highest BCUT2D eigenvalue weighted by molar-refractivity contribution is 5.91. The van der Waals surface area contributed by atoms with Gasteiger partial charge >= 0.3 is 30.0 Å². The number of halogens is 3. The van der Waals surface area contributed by atoms with Crippen LogP contribution in [0.15, 0.2) is 30.3 Å². The van der Waals surface area contributed by atoms with Crippen LogP contribution in [0.1, 0.15) is 51.0 Å². The van der Waals surface area contributed by atoms with Gasteiger partial charge in [0.15, 0.2) is 0 Å². The molecule has 0 spiro atoms. The molecule has 1 saturated heterocycles. The van der Waals surface area contributed by atoms with E-state index >= 15 is 0 Å². The minimum absolute atomic E-state index is 0.0628. The van der Waals surface area contributed by atoms with E-state index in [1.165, 1.54) is 0 Å². The maximum Gasteiger partial charge on any atom is 0.471 e. The van der Waals surface area contributed by atoms with Gasteiger partial charge in [0.1, 0.15) is 18.1 Å². The second-order valence-electron chi connectivity index (χ2n) is 8.69. The third-order valence-corrected chi connectivity index (χ3v) is 5.83. The molecule has 1 amide bonds. The zero-order chi connectivity index (χ0) is 27.3. The van der Waals surface area contributed by atoms with Crippen LogP contribution in [-0.2, 0) is 35.1 Å². The van der Waals surface area contributed by atoms with Crippen LogP contribution < -0.4 is 16.0 Å². The van der Waals surface area contributed by atoms with E-state index in [1.54, 1.807) is 12.2 Å². The standard InChI is InChI=1S/C25H34F3N3O6/c1-2-36-21(32)20(14-13-17-9-4-3-5-10-17)31-19(11-6-7-15-30-24(35)25(26,27)28)23(34)37-22(33)18-12-8-16-29-18/h3-5,9-10,18-20,29,31H,2,6-8,11-16H2,1H3,(H,30,35)/t18-,19-,20?/m0/s1. The minimum Gasteiger partial charge on any atom is -0.465 e. The van der Waals surface area contributed by atoms with Crippen LogP contribution in [0.25, 0.3) is 0 Å². The molecule has 1 fully saturated rings. The molecule has 0 saturated carbocycles. The Kier molecular flexibility index (Phi) is 12.5. The van der Waals surface area contributed by atoms with Gasteiger partial charge in [0.2, 0.25) is 0 Å². The van der Waals surface area contributed by atoms with Crippen molar-refractivity contribution in [2.45, 2.75) is 76.2 Å². The van der Waals surface area contributed by atoms with Gasteiger partial charge in [-0.15, -0.1) is 0 Å². The molecule has 2 rings (SSSR count). The molecule has 12 heteroatoms. The molecule has 1 heterocycles. The lowest BCUT2D eigenvalue weighted by molar-refractivity contribution is -0.173. The largest absolute Gasteiger partial charge is 0.471 e. The van der Waals surface area contributed by atoms with Gasteiger partial charge < -0.3 is 20.1 Å². The number of esters is 3. The Bertz CT molecular complexity index is 891. The van der Waals surface area contributed by atoms with Crippen molar-refractivity contribution in [3.8, 4) is 0 Å². The molecule has 0 aliphatic carbocycles. The van der Waals surface area contributed by atoms with Crippen molar-refractivity contribution in [1.29, 1.82) is 0 Å². The van der Waals surface area contributed by atoms with Gasteiger partial charge in [0.25, 0.3) is 0 Å². The van der Waals surface area contributed by atoms with Gasteiger partial charge in [0, 0.05) is 6.54 Å². The molecular formula is C25H34F3N3O6. The average molecular weight is 530 g/mol. The Morgan fingerprint density at radius 1 is 1.05 bits per heavy atom. The predicted molar refractivity (Wildman–Crippen MR) is 127 cm³/mol. The van der Waals surface area contributed by atoms with Gasteiger partial charge in [-0.2, -0.15) is 13.2 Å². The fourth-order valence-electron chi connectivity index (χ4n) is 3.88. The summed E-state index contributed by atoms with van der Waals surface area (Å²) < 4.78 is 47.3. The number of ether oxygens (including phenoxy) is 2. The summed E-state index contributed by atoms with van der Waals surface area (Å²) in [6.07, 6.45) is -2.45. The minimum atomic E-state index is -4.98. The topological polar surface area (TPSA) is 123 Å². The second kappa shape index (κ2) is 15.3. The molecule has 0 aromatic heterocycles. The smallest absolute Gasteiger partial charge is 0.465 e. The number of hydrogen-bond acceptors (Lipinski definition) is 8. The first-order chi connectivity index (χ1) is 17.6. The van der Waals surface area contributed by atoms with Crippen molar-refractivity contribution in [3.63, 3.8) is 0 Å². The lowest BCUT2D eigenvalue weighted by Crippen LogP contribution is -2.49. The molecule has 1 aromatic carbocycles. The molecule has 9 nitrogen and oxygen atoms in total. The van der Waals surface area contributed by atoms with Crippen LogP contribution in [0.5, 0.6) is 0 Å². The number of unbranched alkanes of at least 4 members (excludes halogenated alkanes) is 1. The number of hydrogen-bond donors (Lipinski definition) is 3. The molecule has 1 aromatic rings. The Labute approximate surface area is 213 Å². The van der Waals surface area contributed by atoms with Gasteiger partial charge in [0.05, 0.1) is 6.61 Å². The van der Waals surface area contributed by atoms with Crippen molar-refractivity contribution < 1.29 is 41.8 Å². The first-order valence-corrected chi connectivity index (χ1v) is 12.4. The number of carbonyl (C=O) groups excluding carboxylic acids is 4. The quantitative estimate of drug-likeness (QED) is 0.190. The lowest BCUT2D eigenvalue weighted by atomic mass is 10.0. The van der Waals surface area contributed by atoms with Crippen LogP contribution in [-0.4, -0.2) is 67.8 Å². The van der Waals surface area contributed by atoms with E-state index in [-0.39, 0.29) is 32.4 Å². The van der Waals surface area contributed by atoms with Crippen LogP contribution in [0.4, 0.5) is 13.2 Å². The highest BCUT2D eigenvalue weighted by Crippen LogP contribution is 2.15. The molecule has 0 radical (unpaired) electrons. The second-order valence-corrected chi connectivity index (χ2v) is 8.69. The van der Waals surface area contributed by atoms with Gasteiger partial charge in [-0.05, 0) is 64.0 Å². The van der Waals surface area contributed by atoms with Crippen molar-refractivity contribution >= 4 is 23.8 Å². The van der Waals surface area contributed by atoms with Gasteiger partial charge in [-0.1, -0.05) is 30.3 Å². The summed E-state index contributed by atoms with van der Waals surface area (Å²) in [7, 11) is 0. The van der Waals surface area contributed by atoms with E-state index < -0.39 is 48.1 Å². The highest BCUT2D eigenvalue weighted by atomic mass is 19.4. The zero-order valence-corrected chi connectivity index (χ0v) is 20.8. The number of carbonyl (C=O) groups is 4. The number of nitrogens with one attached hydrogen (secondary N) is 3. The molecule has 3 atom stereocenters.